The van der Waals surface area contributed by atoms with Gasteiger partial charge in [-0.1, -0.05) is 20.3 Å². The van der Waals surface area contributed by atoms with Gasteiger partial charge in [0.05, 0.1) is 6.04 Å². The SMILES string of the molecule is CCC[C@H](C)NC(=O)N(C)[C@@H](CC)c1ccncc1. The third-order valence-electron chi connectivity index (χ3n) is 3.36. The van der Waals surface area contributed by atoms with Gasteiger partial charge in [-0.15, -0.1) is 0 Å². The first kappa shape index (κ1) is 15.5. The number of pyridine rings is 1. The van der Waals surface area contributed by atoms with Gasteiger partial charge in [0.2, 0.25) is 0 Å². The highest BCUT2D eigenvalue weighted by Crippen LogP contribution is 2.22. The predicted molar refractivity (Wildman–Crippen MR) is 77.9 cm³/mol. The number of carbonyl (C=O) groups is 1. The van der Waals surface area contributed by atoms with E-state index in [4.69, 9.17) is 0 Å². The molecule has 1 heterocycles. The van der Waals surface area contributed by atoms with Crippen molar-refractivity contribution in [3.8, 4) is 0 Å². The zero-order valence-corrected chi connectivity index (χ0v) is 12.4. The van der Waals surface area contributed by atoms with Crippen LogP contribution in [0.4, 0.5) is 4.79 Å². The Hall–Kier alpha value is -1.58. The Morgan fingerprint density at radius 3 is 2.53 bits per heavy atom. The Bertz CT molecular complexity index is 380. The maximum Gasteiger partial charge on any atom is 0.317 e. The van der Waals surface area contributed by atoms with Crippen molar-refractivity contribution in [2.45, 2.75) is 52.1 Å². The van der Waals surface area contributed by atoms with E-state index in [1.54, 1.807) is 17.3 Å². The summed E-state index contributed by atoms with van der Waals surface area (Å²) in [6.07, 6.45) is 6.50. The van der Waals surface area contributed by atoms with Crippen molar-refractivity contribution in [3.63, 3.8) is 0 Å². The lowest BCUT2D eigenvalue weighted by Crippen LogP contribution is -2.43. The fraction of sp³-hybridized carbons (Fsp3) is 0.600. The van der Waals surface area contributed by atoms with Gasteiger partial charge >= 0.3 is 6.03 Å². The number of nitrogens with one attached hydrogen (secondary N) is 1. The van der Waals surface area contributed by atoms with Gasteiger partial charge < -0.3 is 10.2 Å². The van der Waals surface area contributed by atoms with E-state index in [1.807, 2.05) is 26.1 Å². The maximum absolute atomic E-state index is 12.2. The topological polar surface area (TPSA) is 45.2 Å². The first-order valence-electron chi connectivity index (χ1n) is 7.03. The summed E-state index contributed by atoms with van der Waals surface area (Å²) in [6.45, 7) is 6.26. The highest BCUT2D eigenvalue weighted by Gasteiger charge is 2.20. The van der Waals surface area contributed by atoms with Crippen LogP contribution in [0.25, 0.3) is 0 Å². The van der Waals surface area contributed by atoms with E-state index in [9.17, 15) is 4.79 Å². The molecule has 0 saturated carbocycles. The molecule has 4 nitrogen and oxygen atoms in total. The van der Waals surface area contributed by atoms with Crippen LogP contribution >= 0.6 is 0 Å². The molecule has 0 bridgehead atoms. The second-order valence-electron chi connectivity index (χ2n) is 4.95. The lowest BCUT2D eigenvalue weighted by atomic mass is 10.1. The summed E-state index contributed by atoms with van der Waals surface area (Å²) in [5.74, 6) is 0. The molecule has 1 aromatic heterocycles. The molecule has 0 spiro atoms. The van der Waals surface area contributed by atoms with Crippen LogP contribution in [0.1, 0.15) is 51.6 Å². The molecule has 19 heavy (non-hydrogen) atoms. The molecule has 0 aliphatic heterocycles. The van der Waals surface area contributed by atoms with Crippen LogP contribution in [0.15, 0.2) is 24.5 Å². The number of nitrogens with zero attached hydrogens (tertiary/aromatic N) is 2. The average Bonchev–Trinajstić information content (AvgIpc) is 2.40. The fourth-order valence-electron chi connectivity index (χ4n) is 2.28. The Balaban J connectivity index is 2.68. The zero-order chi connectivity index (χ0) is 14.3. The minimum Gasteiger partial charge on any atom is -0.336 e. The first-order valence-corrected chi connectivity index (χ1v) is 7.03. The monoisotopic (exact) mass is 263 g/mol. The fourth-order valence-corrected chi connectivity index (χ4v) is 2.28. The molecule has 106 valence electrons. The number of hydrogen-bond donors (Lipinski definition) is 1. The minimum absolute atomic E-state index is 0.00962. The van der Waals surface area contributed by atoms with E-state index in [1.165, 1.54) is 0 Å². The Morgan fingerprint density at radius 2 is 2.00 bits per heavy atom. The number of amides is 2. The lowest BCUT2D eigenvalue weighted by molar-refractivity contribution is 0.185. The molecule has 2 amide bonds. The summed E-state index contributed by atoms with van der Waals surface area (Å²) in [4.78, 5) is 18.0. The van der Waals surface area contributed by atoms with E-state index >= 15 is 0 Å². The number of urea groups is 1. The molecule has 0 aromatic carbocycles. The van der Waals surface area contributed by atoms with E-state index < -0.39 is 0 Å². The molecule has 1 aromatic rings. The molecule has 0 fully saturated rings. The molecular weight excluding hydrogens is 238 g/mol. The van der Waals surface area contributed by atoms with Crippen LogP contribution in [0, 0.1) is 0 Å². The number of hydrogen-bond acceptors (Lipinski definition) is 2. The Morgan fingerprint density at radius 1 is 1.37 bits per heavy atom. The van der Waals surface area contributed by atoms with Gasteiger partial charge in [-0.3, -0.25) is 4.98 Å². The first-order chi connectivity index (χ1) is 9.10. The smallest absolute Gasteiger partial charge is 0.317 e. The summed E-state index contributed by atoms with van der Waals surface area (Å²) in [5, 5.41) is 3.04. The molecule has 1 rings (SSSR count). The lowest BCUT2D eigenvalue weighted by Gasteiger charge is -2.29. The summed E-state index contributed by atoms with van der Waals surface area (Å²) in [7, 11) is 1.85. The van der Waals surface area contributed by atoms with E-state index in [0.29, 0.717) is 0 Å². The van der Waals surface area contributed by atoms with Crippen LogP contribution in [0.3, 0.4) is 0 Å². The van der Waals surface area contributed by atoms with E-state index in [2.05, 4.69) is 24.1 Å². The van der Waals surface area contributed by atoms with E-state index in [-0.39, 0.29) is 18.1 Å². The molecule has 0 aliphatic carbocycles. The standard InChI is InChI=1S/C15H25N3O/c1-5-7-12(3)17-15(19)18(4)14(6-2)13-8-10-16-11-9-13/h8-12,14H,5-7H2,1-4H3,(H,17,19)/t12-,14-/m0/s1. The van der Waals surface area contributed by atoms with Crippen molar-refractivity contribution in [3.05, 3.63) is 30.1 Å². The molecule has 1 N–H and O–H groups in total. The van der Waals surface area contributed by atoms with Gasteiger partial charge in [0, 0.05) is 25.5 Å². The van der Waals surface area contributed by atoms with Gasteiger partial charge in [0.15, 0.2) is 0 Å². The normalized spacial score (nSPS) is 13.7. The maximum atomic E-state index is 12.2. The van der Waals surface area contributed by atoms with Crippen LogP contribution in [0.2, 0.25) is 0 Å². The molecular formula is C15H25N3O. The highest BCUT2D eigenvalue weighted by molar-refractivity contribution is 5.74. The second kappa shape index (κ2) is 7.77. The van der Waals surface area contributed by atoms with Crippen molar-refractivity contribution in [2.24, 2.45) is 0 Å². The summed E-state index contributed by atoms with van der Waals surface area (Å²) < 4.78 is 0. The van der Waals surface area contributed by atoms with Crippen LogP contribution in [-0.4, -0.2) is 29.0 Å². The van der Waals surface area contributed by atoms with Crippen molar-refractivity contribution < 1.29 is 4.79 Å². The Kier molecular flexibility index (Phi) is 6.33. The average molecular weight is 263 g/mol. The van der Waals surface area contributed by atoms with Gasteiger partial charge in [-0.05, 0) is 37.5 Å². The van der Waals surface area contributed by atoms with Crippen molar-refractivity contribution >= 4 is 6.03 Å². The third-order valence-corrected chi connectivity index (χ3v) is 3.36. The third kappa shape index (κ3) is 4.54. The number of rotatable bonds is 6. The van der Waals surface area contributed by atoms with Crippen LogP contribution < -0.4 is 5.32 Å². The summed E-state index contributed by atoms with van der Waals surface area (Å²) in [6, 6.07) is 4.23. The molecule has 2 atom stereocenters. The molecule has 4 heteroatoms. The van der Waals surface area contributed by atoms with Gasteiger partial charge in [-0.2, -0.15) is 0 Å². The number of carbonyl (C=O) groups excluding carboxylic acids is 1. The van der Waals surface area contributed by atoms with Crippen LogP contribution in [0.5, 0.6) is 0 Å². The van der Waals surface area contributed by atoms with E-state index in [0.717, 1.165) is 24.8 Å². The highest BCUT2D eigenvalue weighted by atomic mass is 16.2. The quantitative estimate of drug-likeness (QED) is 0.855. The number of aromatic nitrogens is 1. The minimum atomic E-state index is -0.00962. The molecule has 0 radical (unpaired) electrons. The Labute approximate surface area is 116 Å². The molecule has 0 unspecified atom stereocenters. The molecule has 0 saturated heterocycles. The van der Waals surface area contributed by atoms with Crippen molar-refractivity contribution in [1.82, 2.24) is 15.2 Å². The summed E-state index contributed by atoms with van der Waals surface area (Å²) in [5.41, 5.74) is 1.12. The summed E-state index contributed by atoms with van der Waals surface area (Å²) >= 11 is 0. The molecule has 0 aliphatic rings. The van der Waals surface area contributed by atoms with Gasteiger partial charge in [-0.25, -0.2) is 4.79 Å². The zero-order valence-electron chi connectivity index (χ0n) is 12.4. The van der Waals surface area contributed by atoms with Crippen molar-refractivity contribution in [1.29, 1.82) is 0 Å². The largest absolute Gasteiger partial charge is 0.336 e. The van der Waals surface area contributed by atoms with Crippen LogP contribution in [-0.2, 0) is 0 Å². The second-order valence-corrected chi connectivity index (χ2v) is 4.95. The van der Waals surface area contributed by atoms with Gasteiger partial charge in [0.1, 0.15) is 0 Å². The van der Waals surface area contributed by atoms with Gasteiger partial charge in [0.25, 0.3) is 0 Å². The predicted octanol–water partition coefficient (Wildman–Crippen LogP) is 3.36. The van der Waals surface area contributed by atoms with Crippen molar-refractivity contribution in [2.75, 3.05) is 7.05 Å².